The van der Waals surface area contributed by atoms with Gasteiger partial charge in [-0.05, 0) is 50.6 Å². The number of hydrogen-bond donors (Lipinski definition) is 1. The van der Waals surface area contributed by atoms with E-state index < -0.39 is 0 Å². The lowest BCUT2D eigenvalue weighted by molar-refractivity contribution is 0.160. The number of nitrogens with one attached hydrogen (secondary N) is 1. The van der Waals surface area contributed by atoms with Crippen molar-refractivity contribution in [2.24, 2.45) is 0 Å². The second-order valence-corrected chi connectivity index (χ2v) is 7.70. The van der Waals surface area contributed by atoms with Crippen LogP contribution in [0.15, 0.2) is 29.4 Å². The lowest BCUT2D eigenvalue weighted by Crippen LogP contribution is -2.38. The van der Waals surface area contributed by atoms with Gasteiger partial charge in [0.05, 0.1) is 5.52 Å². The summed E-state index contributed by atoms with van der Waals surface area (Å²) in [6, 6.07) is 9.00. The molecular weight excluding hydrogens is 316 g/mol. The van der Waals surface area contributed by atoms with Gasteiger partial charge in [0.1, 0.15) is 5.82 Å². The first-order valence-corrected chi connectivity index (χ1v) is 10.1. The Morgan fingerprint density at radius 3 is 2.96 bits per heavy atom. The predicted octanol–water partition coefficient (Wildman–Crippen LogP) is 4.42. The van der Waals surface area contributed by atoms with E-state index >= 15 is 0 Å². The second-order valence-electron chi connectivity index (χ2n) is 6.47. The molecule has 1 fully saturated rings. The first-order chi connectivity index (χ1) is 11.8. The van der Waals surface area contributed by atoms with Crippen molar-refractivity contribution in [3.8, 4) is 0 Å². The molecule has 1 aromatic heterocycles. The van der Waals surface area contributed by atoms with E-state index in [0.717, 1.165) is 46.6 Å². The minimum Gasteiger partial charge on any atom is -0.369 e. The van der Waals surface area contributed by atoms with Gasteiger partial charge in [-0.1, -0.05) is 37.2 Å². The lowest BCUT2D eigenvalue weighted by Gasteiger charge is -2.33. The van der Waals surface area contributed by atoms with Gasteiger partial charge in [-0.25, -0.2) is 9.97 Å². The van der Waals surface area contributed by atoms with Gasteiger partial charge < -0.3 is 10.2 Å². The fourth-order valence-electron chi connectivity index (χ4n) is 3.36. The number of anilines is 1. The van der Waals surface area contributed by atoms with Gasteiger partial charge >= 0.3 is 0 Å². The summed E-state index contributed by atoms with van der Waals surface area (Å²) < 4.78 is 0. The molecule has 24 heavy (non-hydrogen) atoms. The smallest absolute Gasteiger partial charge is 0.190 e. The van der Waals surface area contributed by atoms with Gasteiger partial charge in [0.15, 0.2) is 5.16 Å². The monoisotopic (exact) mass is 344 g/mol. The van der Waals surface area contributed by atoms with Gasteiger partial charge in [0.25, 0.3) is 0 Å². The third kappa shape index (κ3) is 4.39. The van der Waals surface area contributed by atoms with Crippen LogP contribution in [0.2, 0.25) is 0 Å². The molecular formula is C19H28N4S. The van der Waals surface area contributed by atoms with Gasteiger partial charge in [-0.15, -0.1) is 0 Å². The third-order valence-electron chi connectivity index (χ3n) is 4.71. The summed E-state index contributed by atoms with van der Waals surface area (Å²) in [7, 11) is 0. The molecule has 0 spiro atoms. The Bertz CT molecular complexity index is 661. The number of likely N-dealkylation sites (tertiary alicyclic amines) is 1. The quantitative estimate of drug-likeness (QED) is 0.457. The van der Waals surface area contributed by atoms with E-state index in [-0.39, 0.29) is 0 Å². The highest BCUT2D eigenvalue weighted by atomic mass is 32.2. The Morgan fingerprint density at radius 1 is 1.25 bits per heavy atom. The zero-order valence-electron chi connectivity index (χ0n) is 14.8. The Kier molecular flexibility index (Phi) is 6.32. The van der Waals surface area contributed by atoms with Crippen LogP contribution in [-0.4, -0.2) is 46.3 Å². The number of fused-ring (bicyclic) bond motifs is 1. The van der Waals surface area contributed by atoms with Gasteiger partial charge in [-0.2, -0.15) is 0 Å². The number of nitrogens with zero attached hydrogens (tertiary/aromatic N) is 3. The molecule has 5 heteroatoms. The summed E-state index contributed by atoms with van der Waals surface area (Å²) in [6.07, 6.45) is 5.24. The molecule has 0 radical (unpaired) electrons. The molecule has 1 unspecified atom stereocenters. The number of piperidine rings is 1. The first-order valence-electron chi connectivity index (χ1n) is 9.15. The average molecular weight is 345 g/mol. The van der Waals surface area contributed by atoms with Crippen LogP contribution in [0.25, 0.3) is 10.9 Å². The lowest BCUT2D eigenvalue weighted by atomic mass is 10.0. The summed E-state index contributed by atoms with van der Waals surface area (Å²) in [5, 5.41) is 5.53. The molecule has 1 aliphatic heterocycles. The third-order valence-corrected chi connectivity index (χ3v) is 5.44. The molecule has 130 valence electrons. The standard InChI is InChI=1S/C19H28N4S/c1-3-24-19-21-17-11-5-4-10-16(17)18(22-19)20-12-8-14-23-13-7-6-9-15(23)2/h4-5,10-11,15H,3,6-9,12-14H2,1-2H3,(H,20,21,22). The number of benzene rings is 1. The summed E-state index contributed by atoms with van der Waals surface area (Å²) in [5.74, 6) is 1.97. The summed E-state index contributed by atoms with van der Waals surface area (Å²) in [5.41, 5.74) is 1.02. The van der Waals surface area contributed by atoms with Crippen LogP contribution in [0.1, 0.15) is 39.5 Å². The van der Waals surface area contributed by atoms with Gasteiger partial charge in [0, 0.05) is 24.5 Å². The molecule has 0 bridgehead atoms. The zero-order chi connectivity index (χ0) is 16.8. The molecule has 3 rings (SSSR count). The Hall–Kier alpha value is -1.33. The van der Waals surface area contributed by atoms with E-state index in [0.29, 0.717) is 0 Å². The SMILES string of the molecule is CCSc1nc(NCCCN2CCCCC2C)c2ccccc2n1. The van der Waals surface area contributed by atoms with Crippen molar-refractivity contribution in [1.82, 2.24) is 14.9 Å². The summed E-state index contributed by atoms with van der Waals surface area (Å²) in [4.78, 5) is 12.0. The van der Waals surface area contributed by atoms with E-state index in [1.165, 1.54) is 32.4 Å². The van der Waals surface area contributed by atoms with E-state index in [2.05, 4.69) is 47.2 Å². The van der Waals surface area contributed by atoms with E-state index in [4.69, 9.17) is 4.98 Å². The maximum Gasteiger partial charge on any atom is 0.190 e. The molecule has 1 atom stereocenters. The topological polar surface area (TPSA) is 41.1 Å². The van der Waals surface area contributed by atoms with Crippen molar-refractivity contribution >= 4 is 28.5 Å². The van der Waals surface area contributed by atoms with E-state index in [1.807, 2.05) is 6.07 Å². The number of para-hydroxylation sites is 1. The fourth-order valence-corrected chi connectivity index (χ4v) is 3.94. The van der Waals surface area contributed by atoms with Crippen molar-refractivity contribution < 1.29 is 0 Å². The van der Waals surface area contributed by atoms with Gasteiger partial charge in [-0.3, -0.25) is 0 Å². The number of hydrogen-bond acceptors (Lipinski definition) is 5. The normalized spacial score (nSPS) is 18.8. The van der Waals surface area contributed by atoms with Crippen molar-refractivity contribution in [1.29, 1.82) is 0 Å². The van der Waals surface area contributed by atoms with Crippen LogP contribution in [0, 0.1) is 0 Å². The zero-order valence-corrected chi connectivity index (χ0v) is 15.6. The van der Waals surface area contributed by atoms with Crippen LogP contribution in [0.5, 0.6) is 0 Å². The molecule has 1 aliphatic rings. The largest absolute Gasteiger partial charge is 0.369 e. The molecule has 1 saturated heterocycles. The molecule has 1 aromatic carbocycles. The van der Waals surface area contributed by atoms with Crippen LogP contribution in [0.4, 0.5) is 5.82 Å². The van der Waals surface area contributed by atoms with Crippen LogP contribution >= 0.6 is 11.8 Å². The highest BCUT2D eigenvalue weighted by Crippen LogP contribution is 2.24. The number of aromatic nitrogens is 2. The Morgan fingerprint density at radius 2 is 2.12 bits per heavy atom. The van der Waals surface area contributed by atoms with Gasteiger partial charge in [0.2, 0.25) is 0 Å². The Labute approximate surface area is 149 Å². The van der Waals surface area contributed by atoms with Crippen molar-refractivity contribution in [3.63, 3.8) is 0 Å². The van der Waals surface area contributed by atoms with Crippen LogP contribution in [-0.2, 0) is 0 Å². The predicted molar refractivity (Wildman–Crippen MR) is 104 cm³/mol. The molecule has 2 aromatic rings. The first kappa shape index (κ1) is 17.5. The van der Waals surface area contributed by atoms with Crippen LogP contribution < -0.4 is 5.32 Å². The summed E-state index contributed by atoms with van der Waals surface area (Å²) in [6.45, 7) is 7.89. The molecule has 2 heterocycles. The molecule has 4 nitrogen and oxygen atoms in total. The average Bonchev–Trinajstić information content (AvgIpc) is 2.60. The summed E-state index contributed by atoms with van der Waals surface area (Å²) >= 11 is 1.70. The minimum atomic E-state index is 0.742. The van der Waals surface area contributed by atoms with E-state index in [1.54, 1.807) is 11.8 Å². The molecule has 0 aliphatic carbocycles. The number of thioether (sulfide) groups is 1. The van der Waals surface area contributed by atoms with Crippen molar-refractivity contribution in [2.45, 2.75) is 50.7 Å². The number of rotatable bonds is 7. The maximum atomic E-state index is 4.72. The maximum absolute atomic E-state index is 4.72. The van der Waals surface area contributed by atoms with Crippen LogP contribution in [0.3, 0.4) is 0 Å². The Balaban J connectivity index is 1.61. The fraction of sp³-hybridized carbons (Fsp3) is 0.579. The minimum absolute atomic E-state index is 0.742. The van der Waals surface area contributed by atoms with Crippen molar-refractivity contribution in [3.05, 3.63) is 24.3 Å². The van der Waals surface area contributed by atoms with Crippen molar-refractivity contribution in [2.75, 3.05) is 30.7 Å². The molecule has 0 saturated carbocycles. The molecule has 1 N–H and O–H groups in total. The highest BCUT2D eigenvalue weighted by molar-refractivity contribution is 7.99. The molecule has 0 amide bonds. The van der Waals surface area contributed by atoms with E-state index in [9.17, 15) is 0 Å². The highest BCUT2D eigenvalue weighted by Gasteiger charge is 2.17. The second kappa shape index (κ2) is 8.67.